The Morgan fingerprint density at radius 2 is 2.07 bits per heavy atom. The van der Waals surface area contributed by atoms with Crippen molar-refractivity contribution in [3.05, 3.63) is 12.2 Å². The molecule has 0 heterocycles. The summed E-state index contributed by atoms with van der Waals surface area (Å²) in [7, 11) is 0. The molecule has 2 nitrogen and oxygen atoms in total. The molecule has 3 aliphatic rings. The van der Waals surface area contributed by atoms with Gasteiger partial charge in [0.1, 0.15) is 6.17 Å². The lowest BCUT2D eigenvalue weighted by Gasteiger charge is -2.50. The summed E-state index contributed by atoms with van der Waals surface area (Å²) in [5, 5.41) is 8.70. The van der Waals surface area contributed by atoms with E-state index >= 15 is 0 Å². The number of halogens is 2. The van der Waals surface area contributed by atoms with Gasteiger partial charge in [0.05, 0.1) is 0 Å². The number of carboxylic acid groups (broad SMARTS) is 1. The number of hydrogen-bond acceptors (Lipinski definition) is 1. The minimum Gasteiger partial charge on any atom is -0.479 e. The van der Waals surface area contributed by atoms with E-state index in [1.165, 1.54) is 0 Å². The number of fused-ring (bicyclic) bond motifs is 5. The third kappa shape index (κ3) is 0.634. The van der Waals surface area contributed by atoms with Crippen LogP contribution in [0.5, 0.6) is 0 Å². The van der Waals surface area contributed by atoms with Gasteiger partial charge in [-0.05, 0) is 18.3 Å². The van der Waals surface area contributed by atoms with Gasteiger partial charge >= 0.3 is 5.97 Å². The van der Waals surface area contributed by atoms with E-state index in [9.17, 15) is 13.6 Å². The van der Waals surface area contributed by atoms with Gasteiger partial charge in [0.15, 0.2) is 0 Å². The zero-order chi connectivity index (χ0) is 10.1. The van der Waals surface area contributed by atoms with E-state index in [4.69, 9.17) is 5.11 Å². The molecule has 3 aliphatic carbocycles. The highest BCUT2D eigenvalue weighted by Gasteiger charge is 2.75. The molecule has 0 saturated heterocycles. The Morgan fingerprint density at radius 3 is 2.71 bits per heavy atom. The molecule has 2 fully saturated rings. The van der Waals surface area contributed by atoms with E-state index in [1.807, 2.05) is 12.2 Å². The van der Waals surface area contributed by atoms with Crippen LogP contribution in [-0.2, 0) is 4.79 Å². The first-order valence-electron chi connectivity index (χ1n) is 4.81. The Kier molecular flexibility index (Phi) is 1.30. The monoisotopic (exact) mass is 200 g/mol. The lowest BCUT2D eigenvalue weighted by Crippen LogP contribution is -2.67. The molecule has 0 aromatic carbocycles. The third-order valence-corrected chi connectivity index (χ3v) is 4.07. The molecule has 0 aromatic heterocycles. The highest BCUT2D eigenvalue weighted by Crippen LogP contribution is 2.65. The van der Waals surface area contributed by atoms with Crippen molar-refractivity contribution in [3.8, 4) is 0 Å². The molecule has 1 N–H and O–H groups in total. The van der Waals surface area contributed by atoms with Crippen molar-refractivity contribution in [2.75, 3.05) is 0 Å². The van der Waals surface area contributed by atoms with Crippen molar-refractivity contribution in [1.29, 1.82) is 0 Å². The second-order valence-electron chi connectivity index (χ2n) is 4.53. The molecule has 0 aliphatic heterocycles. The fourth-order valence-electron chi connectivity index (χ4n) is 3.46. The van der Waals surface area contributed by atoms with E-state index in [-0.39, 0.29) is 17.8 Å². The molecule has 2 bridgehead atoms. The quantitative estimate of drug-likeness (QED) is 0.652. The molecule has 0 amide bonds. The summed E-state index contributed by atoms with van der Waals surface area (Å²) in [4.78, 5) is 10.7. The molecule has 4 heteroatoms. The number of carboxylic acids is 1. The Balaban J connectivity index is 2.00. The van der Waals surface area contributed by atoms with Gasteiger partial charge in [-0.1, -0.05) is 12.2 Å². The zero-order valence-corrected chi connectivity index (χ0v) is 7.36. The second kappa shape index (κ2) is 2.18. The summed E-state index contributed by atoms with van der Waals surface area (Å²) >= 11 is 0. The maximum atomic E-state index is 13.8. The van der Waals surface area contributed by atoms with Gasteiger partial charge in [-0.25, -0.2) is 13.6 Å². The maximum Gasteiger partial charge on any atom is 0.344 e. The predicted molar refractivity (Wildman–Crippen MR) is 44.1 cm³/mol. The van der Waals surface area contributed by atoms with Crippen molar-refractivity contribution in [1.82, 2.24) is 0 Å². The molecule has 6 atom stereocenters. The Morgan fingerprint density at radius 1 is 1.43 bits per heavy atom. The topological polar surface area (TPSA) is 37.3 Å². The fourth-order valence-corrected chi connectivity index (χ4v) is 3.46. The zero-order valence-electron chi connectivity index (χ0n) is 7.36. The van der Waals surface area contributed by atoms with Crippen LogP contribution >= 0.6 is 0 Å². The van der Waals surface area contributed by atoms with Crippen LogP contribution in [0.3, 0.4) is 0 Å². The average molecular weight is 200 g/mol. The van der Waals surface area contributed by atoms with Gasteiger partial charge in [-0.3, -0.25) is 0 Å². The smallest absolute Gasteiger partial charge is 0.344 e. The molecule has 0 aromatic rings. The predicted octanol–water partition coefficient (Wildman–Crippen LogP) is 1.57. The molecule has 3 rings (SSSR count). The van der Waals surface area contributed by atoms with E-state index in [0.29, 0.717) is 0 Å². The molecular formula is C10H10F2O2. The van der Waals surface area contributed by atoms with Gasteiger partial charge < -0.3 is 5.11 Å². The number of carbonyl (C=O) groups is 1. The van der Waals surface area contributed by atoms with Crippen molar-refractivity contribution >= 4 is 5.97 Å². The van der Waals surface area contributed by atoms with Crippen LogP contribution < -0.4 is 0 Å². The molecule has 76 valence electrons. The lowest BCUT2D eigenvalue weighted by molar-refractivity contribution is -0.197. The molecule has 6 unspecified atom stereocenters. The minimum atomic E-state index is -2.62. The van der Waals surface area contributed by atoms with E-state index in [0.717, 1.165) is 6.42 Å². The summed E-state index contributed by atoms with van der Waals surface area (Å²) in [5.74, 6) is -2.62. The molecule has 2 saturated carbocycles. The fraction of sp³-hybridized carbons (Fsp3) is 0.700. The van der Waals surface area contributed by atoms with Crippen LogP contribution in [0.25, 0.3) is 0 Å². The third-order valence-electron chi connectivity index (χ3n) is 4.07. The molecule has 14 heavy (non-hydrogen) atoms. The molecule has 0 spiro atoms. The summed E-state index contributed by atoms with van der Waals surface area (Å²) < 4.78 is 27.3. The molecular weight excluding hydrogens is 190 g/mol. The highest BCUT2D eigenvalue weighted by atomic mass is 19.2. The first-order chi connectivity index (χ1) is 6.56. The van der Waals surface area contributed by atoms with Crippen molar-refractivity contribution < 1.29 is 18.7 Å². The van der Waals surface area contributed by atoms with Gasteiger partial charge in [0.2, 0.25) is 5.67 Å². The highest BCUT2D eigenvalue weighted by molar-refractivity contribution is 5.81. The summed E-state index contributed by atoms with van der Waals surface area (Å²) in [6.07, 6.45) is 2.66. The standard InChI is InChI=1S/C10H10F2O2/c11-8-6-4-1-2-5(3-4)7(6)10(8,12)9(13)14/h1-2,4-8H,3H2,(H,13,14). The van der Waals surface area contributed by atoms with E-state index in [2.05, 4.69) is 0 Å². The van der Waals surface area contributed by atoms with Gasteiger partial charge in [-0.2, -0.15) is 0 Å². The minimum absolute atomic E-state index is 0.0573. The number of allylic oxidation sites excluding steroid dienone is 2. The van der Waals surface area contributed by atoms with E-state index in [1.54, 1.807) is 0 Å². The Hall–Kier alpha value is -0.930. The van der Waals surface area contributed by atoms with Gasteiger partial charge in [0, 0.05) is 11.8 Å². The number of alkyl halides is 2. The second-order valence-corrected chi connectivity index (χ2v) is 4.53. The average Bonchev–Trinajstić information content (AvgIpc) is 2.72. The number of hydrogen-bond donors (Lipinski definition) is 1. The first-order valence-corrected chi connectivity index (χ1v) is 4.81. The van der Waals surface area contributed by atoms with Gasteiger partial charge in [-0.15, -0.1) is 0 Å². The number of aliphatic carboxylic acids is 1. The summed E-state index contributed by atoms with van der Waals surface area (Å²) in [6, 6.07) is 0. The summed E-state index contributed by atoms with van der Waals surface area (Å²) in [5.41, 5.74) is -2.62. The van der Waals surface area contributed by atoms with Crippen LogP contribution in [-0.4, -0.2) is 22.9 Å². The van der Waals surface area contributed by atoms with Crippen LogP contribution in [0, 0.1) is 23.7 Å². The Bertz CT molecular complexity index is 341. The van der Waals surface area contributed by atoms with Crippen LogP contribution in [0.15, 0.2) is 12.2 Å². The first kappa shape index (κ1) is 8.38. The largest absolute Gasteiger partial charge is 0.479 e. The SMILES string of the molecule is O=C(O)C1(F)C(F)C2C3C=CC(C3)C21. The van der Waals surface area contributed by atoms with Gasteiger partial charge in [0.25, 0.3) is 0 Å². The van der Waals surface area contributed by atoms with Crippen LogP contribution in [0.2, 0.25) is 0 Å². The van der Waals surface area contributed by atoms with E-state index < -0.39 is 23.7 Å². The summed E-state index contributed by atoms with van der Waals surface area (Å²) in [6.45, 7) is 0. The molecule has 0 radical (unpaired) electrons. The van der Waals surface area contributed by atoms with Crippen LogP contribution in [0.1, 0.15) is 6.42 Å². The number of rotatable bonds is 1. The normalized spacial score (nSPS) is 58.3. The van der Waals surface area contributed by atoms with Crippen LogP contribution in [0.4, 0.5) is 8.78 Å². The van der Waals surface area contributed by atoms with Crippen molar-refractivity contribution in [2.45, 2.75) is 18.3 Å². The maximum absolute atomic E-state index is 13.8. The lowest BCUT2D eigenvalue weighted by atomic mass is 9.57. The van der Waals surface area contributed by atoms with Crippen molar-refractivity contribution in [2.24, 2.45) is 23.7 Å². The Labute approximate surface area is 79.6 Å². The van der Waals surface area contributed by atoms with Crippen molar-refractivity contribution in [3.63, 3.8) is 0 Å².